The molecule has 0 radical (unpaired) electrons. The summed E-state index contributed by atoms with van der Waals surface area (Å²) in [5, 5.41) is 21.6. The highest BCUT2D eigenvalue weighted by Crippen LogP contribution is 2.36. The van der Waals surface area contributed by atoms with Crippen LogP contribution < -0.4 is 11.1 Å². The van der Waals surface area contributed by atoms with Crippen molar-refractivity contribution < 1.29 is 14.6 Å². The minimum Gasteiger partial charge on any atom is -0.396 e. The Kier molecular flexibility index (Phi) is 9.84. The van der Waals surface area contributed by atoms with Crippen molar-refractivity contribution in [3.63, 3.8) is 0 Å². The van der Waals surface area contributed by atoms with E-state index in [9.17, 15) is 24.2 Å². The molecule has 0 amide bonds. The van der Waals surface area contributed by atoms with Gasteiger partial charge in [0.15, 0.2) is 0 Å². The van der Waals surface area contributed by atoms with Crippen molar-refractivity contribution in [1.29, 1.82) is 0 Å². The lowest BCUT2D eigenvalue weighted by Gasteiger charge is -2.14. The minimum atomic E-state index is -0.423. The maximum absolute atomic E-state index is 14.2. The van der Waals surface area contributed by atoms with Crippen LogP contribution in [0.1, 0.15) is 11.1 Å². The number of pyridine rings is 2. The van der Waals surface area contributed by atoms with Crippen molar-refractivity contribution in [2.45, 2.75) is 12.8 Å². The van der Waals surface area contributed by atoms with Gasteiger partial charge in [0.05, 0.1) is 0 Å². The van der Waals surface area contributed by atoms with Gasteiger partial charge in [0, 0.05) is 96.3 Å². The average Bonchev–Trinajstić information content (AvgIpc) is 3.00. The molecule has 0 aliphatic heterocycles. The predicted molar refractivity (Wildman–Crippen MR) is 177 cm³/mol. The Morgan fingerprint density at radius 1 is 0.614 bits per heavy atom. The largest absolute Gasteiger partial charge is 0.396 e. The molecule has 0 aliphatic rings. The Balaban J connectivity index is 0.000000175. The van der Waals surface area contributed by atoms with Crippen molar-refractivity contribution in [2.75, 3.05) is 13.2 Å². The highest BCUT2D eigenvalue weighted by atomic mass is 35.5. The molecule has 0 spiro atoms. The molecule has 6 rings (SSSR count). The topological polar surface area (TPSA) is 106 Å². The zero-order valence-corrected chi connectivity index (χ0v) is 25.4. The summed E-state index contributed by atoms with van der Waals surface area (Å²) < 4.78 is 14.2. The van der Waals surface area contributed by atoms with Gasteiger partial charge >= 0.3 is 0 Å². The van der Waals surface area contributed by atoms with E-state index in [0.717, 1.165) is 16.5 Å². The quantitative estimate of drug-likeness (QED) is 0.149. The zero-order chi connectivity index (χ0) is 31.4. The van der Waals surface area contributed by atoms with Crippen LogP contribution in [0.4, 0.5) is 4.39 Å². The summed E-state index contributed by atoms with van der Waals surface area (Å²) in [6, 6.07) is 23.9. The number of aliphatic hydroxyl groups is 2. The fraction of sp³-hybridized carbons (Fsp3) is 0.118. The van der Waals surface area contributed by atoms with Gasteiger partial charge in [-0.3, -0.25) is 9.59 Å². The van der Waals surface area contributed by atoms with Crippen LogP contribution in [0.5, 0.6) is 0 Å². The molecule has 4 N–H and O–H groups in total. The second-order valence-corrected chi connectivity index (χ2v) is 11.2. The first-order valence-corrected chi connectivity index (χ1v) is 14.8. The lowest BCUT2D eigenvalue weighted by molar-refractivity contribution is 0.299. The molecule has 0 saturated heterocycles. The molecule has 10 heteroatoms. The maximum Gasteiger partial charge on any atom is 0.252 e. The van der Waals surface area contributed by atoms with Crippen LogP contribution in [0.3, 0.4) is 0 Å². The van der Waals surface area contributed by atoms with E-state index in [4.69, 9.17) is 34.8 Å². The van der Waals surface area contributed by atoms with Crippen LogP contribution in [-0.4, -0.2) is 33.4 Å². The number of hydrogen-bond donors (Lipinski definition) is 4. The molecule has 2 heterocycles. The molecule has 0 saturated carbocycles. The Bertz CT molecular complexity index is 1960. The molecular weight excluding hydrogens is 626 g/mol. The highest BCUT2D eigenvalue weighted by Gasteiger charge is 2.18. The monoisotopic (exact) mass is 650 g/mol. The zero-order valence-electron chi connectivity index (χ0n) is 23.1. The second kappa shape index (κ2) is 13.8. The first-order valence-electron chi connectivity index (χ1n) is 13.6. The van der Waals surface area contributed by atoms with Gasteiger partial charge in [-0.25, -0.2) is 4.39 Å². The minimum absolute atomic E-state index is 0.118. The number of fused-ring (bicyclic) bond motifs is 2. The van der Waals surface area contributed by atoms with E-state index in [-0.39, 0.29) is 37.2 Å². The smallest absolute Gasteiger partial charge is 0.252 e. The van der Waals surface area contributed by atoms with Crippen LogP contribution in [0.25, 0.3) is 44.1 Å². The number of benzene rings is 4. The first-order chi connectivity index (χ1) is 21.2. The van der Waals surface area contributed by atoms with E-state index in [1.54, 1.807) is 60.7 Å². The number of aromatic nitrogens is 2. The van der Waals surface area contributed by atoms with E-state index in [1.807, 2.05) is 18.2 Å². The van der Waals surface area contributed by atoms with Gasteiger partial charge < -0.3 is 20.2 Å². The van der Waals surface area contributed by atoms with Gasteiger partial charge in [0.25, 0.3) is 11.1 Å². The molecule has 0 unspecified atom stereocenters. The number of hydrogen-bond acceptors (Lipinski definition) is 4. The molecule has 4 aromatic carbocycles. The first kappa shape index (κ1) is 31.4. The normalized spacial score (nSPS) is 11.0. The molecule has 6 aromatic rings. The van der Waals surface area contributed by atoms with Gasteiger partial charge in [-0.15, -0.1) is 0 Å². The van der Waals surface area contributed by atoms with E-state index >= 15 is 0 Å². The highest BCUT2D eigenvalue weighted by molar-refractivity contribution is 6.34. The van der Waals surface area contributed by atoms with Gasteiger partial charge in [0.1, 0.15) is 5.82 Å². The SMILES string of the molecule is O=c1[nH]c2ccc(Cl)cc2c(-c2ccccc2Cl)c1CCO.O=c1[nH]c2ccc(Cl)cc2c(-c2ccccc2F)c1CCO. The third kappa shape index (κ3) is 6.43. The lowest BCUT2D eigenvalue weighted by atomic mass is 9.94. The number of aromatic amines is 2. The van der Waals surface area contributed by atoms with Gasteiger partial charge in [-0.05, 0) is 48.5 Å². The standard InChI is InChI=1S/C17H13Cl2NO2.C17H13ClFNO2/c2*18-10-5-6-15-13(9-10)16(11-3-1-2-4-14(11)19)12(7-8-21)17(22)20-15/h2*1-6,9,21H,7-8H2,(H,20,22). The van der Waals surface area contributed by atoms with Crippen LogP contribution in [0, 0.1) is 5.82 Å². The third-order valence-electron chi connectivity index (χ3n) is 7.16. The lowest BCUT2D eigenvalue weighted by Crippen LogP contribution is -2.16. The van der Waals surface area contributed by atoms with Crippen molar-refractivity contribution in [1.82, 2.24) is 9.97 Å². The van der Waals surface area contributed by atoms with Gasteiger partial charge in [-0.1, -0.05) is 71.2 Å². The van der Waals surface area contributed by atoms with E-state index in [1.165, 1.54) is 6.07 Å². The number of H-pyrrole nitrogens is 2. The van der Waals surface area contributed by atoms with Crippen molar-refractivity contribution in [3.8, 4) is 22.3 Å². The van der Waals surface area contributed by atoms with Crippen LogP contribution >= 0.6 is 34.8 Å². The van der Waals surface area contributed by atoms with Crippen LogP contribution in [0.15, 0.2) is 94.5 Å². The molecule has 224 valence electrons. The fourth-order valence-electron chi connectivity index (χ4n) is 5.26. The Morgan fingerprint density at radius 2 is 1.07 bits per heavy atom. The van der Waals surface area contributed by atoms with E-state index < -0.39 is 5.82 Å². The molecule has 0 bridgehead atoms. The Labute approximate surface area is 266 Å². The molecular formula is C34H26Cl3FN2O4. The number of rotatable bonds is 6. The maximum atomic E-state index is 14.2. The van der Waals surface area contributed by atoms with Crippen molar-refractivity contribution in [2.24, 2.45) is 0 Å². The third-order valence-corrected chi connectivity index (χ3v) is 7.96. The fourth-order valence-corrected chi connectivity index (χ4v) is 5.83. The summed E-state index contributed by atoms with van der Waals surface area (Å²) in [5.74, 6) is -0.423. The molecule has 6 nitrogen and oxygen atoms in total. The van der Waals surface area contributed by atoms with Gasteiger partial charge in [0.2, 0.25) is 0 Å². The second-order valence-electron chi connectivity index (χ2n) is 9.90. The van der Waals surface area contributed by atoms with Crippen LogP contribution in [-0.2, 0) is 12.8 Å². The number of aliphatic hydroxyl groups excluding tert-OH is 2. The Hall–Kier alpha value is -3.98. The summed E-state index contributed by atoms with van der Waals surface area (Å²) in [7, 11) is 0. The molecule has 44 heavy (non-hydrogen) atoms. The molecule has 0 fully saturated rings. The molecule has 2 aromatic heterocycles. The van der Waals surface area contributed by atoms with Crippen LogP contribution in [0.2, 0.25) is 15.1 Å². The van der Waals surface area contributed by atoms with Crippen molar-refractivity contribution in [3.05, 3.63) is 138 Å². The molecule has 0 atom stereocenters. The number of halogens is 4. The molecule has 0 aliphatic carbocycles. The number of nitrogens with one attached hydrogen (secondary N) is 2. The summed E-state index contributed by atoms with van der Waals surface area (Å²) in [5.41, 5.74) is 3.85. The van der Waals surface area contributed by atoms with E-state index in [2.05, 4.69) is 9.97 Å². The Morgan fingerprint density at radius 3 is 1.55 bits per heavy atom. The van der Waals surface area contributed by atoms with Gasteiger partial charge in [-0.2, -0.15) is 0 Å². The summed E-state index contributed by atoms with van der Waals surface area (Å²) in [6.45, 7) is -0.316. The van der Waals surface area contributed by atoms with Crippen molar-refractivity contribution >= 4 is 56.6 Å². The average molecular weight is 652 g/mol. The summed E-state index contributed by atoms with van der Waals surface area (Å²) in [6.07, 6.45) is 0.389. The summed E-state index contributed by atoms with van der Waals surface area (Å²) in [4.78, 5) is 30.2. The summed E-state index contributed by atoms with van der Waals surface area (Å²) >= 11 is 18.5. The predicted octanol–water partition coefficient (Wildman–Crippen LogP) is 7.56. The van der Waals surface area contributed by atoms with E-state index in [0.29, 0.717) is 53.7 Å².